The van der Waals surface area contributed by atoms with E-state index < -0.39 is 0 Å². The fourth-order valence-electron chi connectivity index (χ4n) is 1.12. The van der Waals surface area contributed by atoms with Crippen LogP contribution in [0.3, 0.4) is 0 Å². The Kier molecular flexibility index (Phi) is 3.13. The highest BCUT2D eigenvalue weighted by Gasteiger charge is 2.00. The van der Waals surface area contributed by atoms with E-state index in [0.717, 1.165) is 18.8 Å². The molecule has 2 heterocycles. The van der Waals surface area contributed by atoms with Crippen LogP contribution in [0.4, 0.5) is 5.69 Å². The Labute approximate surface area is 90.6 Å². The van der Waals surface area contributed by atoms with E-state index >= 15 is 0 Å². The topological polar surface area (TPSA) is 50.9 Å². The molecule has 0 atom stereocenters. The minimum absolute atomic E-state index is 0.835. The van der Waals surface area contributed by atoms with E-state index in [1.165, 1.54) is 9.75 Å². The van der Waals surface area contributed by atoms with Gasteiger partial charge < -0.3 is 11.1 Å². The van der Waals surface area contributed by atoms with Crippen molar-refractivity contribution in [2.24, 2.45) is 0 Å². The lowest BCUT2D eigenvalue weighted by Gasteiger charge is -2.01. The molecule has 5 heteroatoms. The van der Waals surface area contributed by atoms with Gasteiger partial charge in [0.1, 0.15) is 0 Å². The molecule has 3 nitrogen and oxygen atoms in total. The van der Waals surface area contributed by atoms with Gasteiger partial charge >= 0.3 is 0 Å². The second kappa shape index (κ2) is 4.54. The Bertz CT molecular complexity index is 380. The molecular formula is C9H11N3S2. The van der Waals surface area contributed by atoms with Crippen molar-refractivity contribution in [3.63, 3.8) is 0 Å². The van der Waals surface area contributed by atoms with Gasteiger partial charge in [-0.25, -0.2) is 0 Å². The number of thiophene rings is 1. The maximum atomic E-state index is 5.76. The largest absolute Gasteiger partial charge is 0.398 e. The smallest absolute Gasteiger partial charge is 0.0794 e. The van der Waals surface area contributed by atoms with Crippen molar-refractivity contribution in [2.75, 3.05) is 5.73 Å². The Morgan fingerprint density at radius 2 is 2.29 bits per heavy atom. The molecule has 0 unspecified atom stereocenters. The number of nitrogens with two attached hydrogens (primary N) is 1. The Morgan fingerprint density at radius 3 is 2.93 bits per heavy atom. The summed E-state index contributed by atoms with van der Waals surface area (Å²) in [6, 6.07) is 1.94. The van der Waals surface area contributed by atoms with Crippen LogP contribution in [0.15, 0.2) is 23.2 Å². The molecule has 0 fully saturated rings. The lowest BCUT2D eigenvalue weighted by Crippen LogP contribution is -2.11. The maximum absolute atomic E-state index is 5.76. The van der Waals surface area contributed by atoms with Crippen LogP contribution in [0.1, 0.15) is 9.75 Å². The van der Waals surface area contributed by atoms with Crippen molar-refractivity contribution in [1.82, 2.24) is 10.3 Å². The van der Waals surface area contributed by atoms with Crippen molar-refractivity contribution in [2.45, 2.75) is 13.1 Å². The van der Waals surface area contributed by atoms with E-state index in [2.05, 4.69) is 10.3 Å². The average Bonchev–Trinajstić information content (AvgIpc) is 2.78. The van der Waals surface area contributed by atoms with Gasteiger partial charge in [0.25, 0.3) is 0 Å². The molecule has 0 amide bonds. The van der Waals surface area contributed by atoms with E-state index in [4.69, 9.17) is 5.73 Å². The molecule has 0 bridgehead atoms. The van der Waals surface area contributed by atoms with Crippen LogP contribution in [0.5, 0.6) is 0 Å². The summed E-state index contributed by atoms with van der Waals surface area (Å²) in [5.41, 5.74) is 8.49. The van der Waals surface area contributed by atoms with Crippen LogP contribution in [0.2, 0.25) is 0 Å². The molecule has 0 aliphatic carbocycles. The Balaban J connectivity index is 1.81. The second-order valence-electron chi connectivity index (χ2n) is 2.87. The summed E-state index contributed by atoms with van der Waals surface area (Å²) in [7, 11) is 0. The van der Waals surface area contributed by atoms with Crippen LogP contribution in [-0.4, -0.2) is 4.98 Å². The van der Waals surface area contributed by atoms with Gasteiger partial charge in [-0.3, -0.25) is 4.98 Å². The lowest BCUT2D eigenvalue weighted by molar-refractivity contribution is 0.709. The van der Waals surface area contributed by atoms with Crippen LogP contribution >= 0.6 is 22.7 Å². The Hall–Kier alpha value is -0.910. The predicted octanol–water partition coefficient (Wildman–Crippen LogP) is 2.08. The number of nitrogens with one attached hydrogen (secondary N) is 1. The summed E-state index contributed by atoms with van der Waals surface area (Å²) in [4.78, 5) is 6.47. The molecule has 74 valence electrons. The van der Waals surface area contributed by atoms with Gasteiger partial charge in [0.15, 0.2) is 0 Å². The third-order valence-electron chi connectivity index (χ3n) is 1.85. The fourth-order valence-corrected chi connectivity index (χ4v) is 2.46. The van der Waals surface area contributed by atoms with Gasteiger partial charge in [0.05, 0.1) is 5.51 Å². The number of hydrogen-bond acceptors (Lipinski definition) is 5. The van der Waals surface area contributed by atoms with Gasteiger partial charge in [-0.1, -0.05) is 0 Å². The van der Waals surface area contributed by atoms with Gasteiger partial charge in [0.2, 0.25) is 0 Å². The molecule has 2 aromatic rings. The average molecular weight is 225 g/mol. The SMILES string of the molecule is Nc1ccsc1CNCc1cncs1. The highest BCUT2D eigenvalue weighted by molar-refractivity contribution is 7.10. The third kappa shape index (κ3) is 2.31. The molecule has 0 aromatic carbocycles. The molecule has 0 aliphatic rings. The fraction of sp³-hybridized carbons (Fsp3) is 0.222. The van der Waals surface area contributed by atoms with Crippen molar-refractivity contribution >= 4 is 28.4 Å². The highest BCUT2D eigenvalue weighted by Crippen LogP contribution is 2.18. The van der Waals surface area contributed by atoms with Crippen molar-refractivity contribution in [3.8, 4) is 0 Å². The minimum Gasteiger partial charge on any atom is -0.398 e. The summed E-state index contributed by atoms with van der Waals surface area (Å²) >= 11 is 3.35. The van der Waals surface area contributed by atoms with Gasteiger partial charge in [-0.15, -0.1) is 22.7 Å². The van der Waals surface area contributed by atoms with Gasteiger partial charge in [0, 0.05) is 34.7 Å². The minimum atomic E-state index is 0.835. The van der Waals surface area contributed by atoms with E-state index in [1.807, 2.05) is 23.2 Å². The lowest BCUT2D eigenvalue weighted by atomic mass is 10.4. The molecule has 0 saturated carbocycles. The molecule has 2 aromatic heterocycles. The number of rotatable bonds is 4. The zero-order valence-corrected chi connectivity index (χ0v) is 9.20. The number of thiazole rings is 1. The number of nitrogen functional groups attached to an aromatic ring is 1. The summed E-state index contributed by atoms with van der Waals surface area (Å²) in [5.74, 6) is 0. The molecule has 14 heavy (non-hydrogen) atoms. The van der Waals surface area contributed by atoms with Crippen molar-refractivity contribution < 1.29 is 0 Å². The highest BCUT2D eigenvalue weighted by atomic mass is 32.1. The maximum Gasteiger partial charge on any atom is 0.0794 e. The summed E-state index contributed by atoms with van der Waals surface area (Å²) < 4.78 is 0. The zero-order chi connectivity index (χ0) is 9.80. The first-order valence-electron chi connectivity index (χ1n) is 4.26. The predicted molar refractivity (Wildman–Crippen MR) is 61.4 cm³/mol. The van der Waals surface area contributed by atoms with Crippen molar-refractivity contribution in [3.05, 3.63) is 32.9 Å². The molecule has 0 radical (unpaired) electrons. The molecule has 0 saturated heterocycles. The summed E-state index contributed by atoms with van der Waals surface area (Å²) in [6.07, 6.45) is 1.88. The molecule has 0 spiro atoms. The number of hydrogen-bond donors (Lipinski definition) is 2. The number of nitrogens with zero attached hydrogens (tertiary/aromatic N) is 1. The standard InChI is InChI=1S/C9H11N3S2/c10-8-1-2-13-9(8)5-11-3-7-4-12-6-14-7/h1-2,4,6,11H,3,5,10H2. The van der Waals surface area contributed by atoms with E-state index in [0.29, 0.717) is 0 Å². The van der Waals surface area contributed by atoms with E-state index in [1.54, 1.807) is 22.7 Å². The van der Waals surface area contributed by atoms with Crippen LogP contribution in [0, 0.1) is 0 Å². The third-order valence-corrected chi connectivity index (χ3v) is 3.56. The van der Waals surface area contributed by atoms with Gasteiger partial charge in [-0.2, -0.15) is 0 Å². The molecule has 2 rings (SSSR count). The molecule has 0 aliphatic heterocycles. The first kappa shape index (κ1) is 9.64. The quantitative estimate of drug-likeness (QED) is 0.837. The first-order chi connectivity index (χ1) is 6.86. The summed E-state index contributed by atoms with van der Waals surface area (Å²) in [5, 5.41) is 5.34. The summed E-state index contributed by atoms with van der Waals surface area (Å²) in [6.45, 7) is 1.70. The molecule has 3 N–H and O–H groups in total. The van der Waals surface area contributed by atoms with E-state index in [-0.39, 0.29) is 0 Å². The van der Waals surface area contributed by atoms with Crippen molar-refractivity contribution in [1.29, 1.82) is 0 Å². The molecular weight excluding hydrogens is 214 g/mol. The first-order valence-corrected chi connectivity index (χ1v) is 6.02. The van der Waals surface area contributed by atoms with Crippen LogP contribution in [-0.2, 0) is 13.1 Å². The monoisotopic (exact) mass is 225 g/mol. The van der Waals surface area contributed by atoms with E-state index in [9.17, 15) is 0 Å². The normalized spacial score (nSPS) is 10.6. The Morgan fingerprint density at radius 1 is 1.36 bits per heavy atom. The van der Waals surface area contributed by atoms with Gasteiger partial charge in [-0.05, 0) is 11.4 Å². The number of anilines is 1. The zero-order valence-electron chi connectivity index (χ0n) is 7.56. The second-order valence-corrected chi connectivity index (χ2v) is 4.84. The number of aromatic nitrogens is 1. The van der Waals surface area contributed by atoms with Crippen LogP contribution < -0.4 is 11.1 Å². The van der Waals surface area contributed by atoms with Crippen LogP contribution in [0.25, 0.3) is 0 Å².